The molecule has 0 amide bonds. The molecule has 3 aromatic carbocycles. The Morgan fingerprint density at radius 1 is 0.880 bits per heavy atom. The normalized spacial score (nSPS) is 11.6. The van der Waals surface area contributed by atoms with Gasteiger partial charge in [-0.15, -0.1) is 0 Å². The number of halogens is 1. The Labute approximate surface area is 152 Å². The van der Waals surface area contributed by atoms with Crippen molar-refractivity contribution < 1.29 is 4.39 Å². The zero-order valence-electron chi connectivity index (χ0n) is 13.9. The monoisotopic (exact) mass is 350 g/mol. The summed E-state index contributed by atoms with van der Waals surface area (Å²) in [6.45, 7) is 2.06. The van der Waals surface area contributed by atoms with Gasteiger partial charge in [0.1, 0.15) is 5.82 Å². The molecular weight excluding hydrogens is 331 g/mol. The van der Waals surface area contributed by atoms with Gasteiger partial charge in [-0.05, 0) is 48.5 Å². The van der Waals surface area contributed by atoms with E-state index in [0.717, 1.165) is 11.1 Å². The van der Waals surface area contributed by atoms with Crippen LogP contribution in [-0.4, -0.2) is 5.11 Å². The minimum atomic E-state index is -0.300. The third kappa shape index (κ3) is 4.64. The summed E-state index contributed by atoms with van der Waals surface area (Å²) in [6, 6.07) is 24.6. The Balaban J connectivity index is 1.84. The van der Waals surface area contributed by atoms with Gasteiger partial charge >= 0.3 is 0 Å². The molecule has 0 aliphatic rings. The van der Waals surface area contributed by atoms with Crippen LogP contribution in [0.5, 0.6) is 0 Å². The lowest BCUT2D eigenvalue weighted by atomic mass is 9.97. The first kappa shape index (κ1) is 17.1. The zero-order valence-corrected chi connectivity index (χ0v) is 14.7. The van der Waals surface area contributed by atoms with Gasteiger partial charge in [0.15, 0.2) is 5.11 Å². The van der Waals surface area contributed by atoms with Gasteiger partial charge in [-0.3, -0.25) is 0 Å². The second-order valence-corrected chi connectivity index (χ2v) is 6.27. The van der Waals surface area contributed by atoms with Gasteiger partial charge < -0.3 is 10.6 Å². The smallest absolute Gasteiger partial charge is 0.171 e. The van der Waals surface area contributed by atoms with Gasteiger partial charge in [0.25, 0.3) is 0 Å². The molecule has 0 fully saturated rings. The fourth-order valence-electron chi connectivity index (χ4n) is 2.72. The van der Waals surface area contributed by atoms with E-state index in [-0.39, 0.29) is 11.9 Å². The quantitative estimate of drug-likeness (QED) is 0.632. The molecule has 3 aromatic rings. The van der Waals surface area contributed by atoms with E-state index < -0.39 is 0 Å². The highest BCUT2D eigenvalue weighted by Crippen LogP contribution is 2.23. The lowest BCUT2D eigenvalue weighted by molar-refractivity contribution is 0.628. The third-order valence-corrected chi connectivity index (χ3v) is 4.09. The zero-order chi connectivity index (χ0) is 17.6. The maximum atomic E-state index is 13.4. The first-order valence-corrected chi connectivity index (χ1v) is 8.47. The fraction of sp³-hybridized carbons (Fsp3) is 0.0952. The molecule has 4 heteroatoms. The number of thiocarbonyl (C=S) groups is 1. The summed E-state index contributed by atoms with van der Waals surface area (Å²) in [5, 5.41) is 6.84. The molecule has 0 heterocycles. The lowest BCUT2D eigenvalue weighted by Gasteiger charge is -2.22. The van der Waals surface area contributed by atoms with Crippen LogP contribution in [-0.2, 0) is 0 Å². The first-order chi connectivity index (χ1) is 12.1. The Morgan fingerprint density at radius 3 is 2.32 bits per heavy atom. The Hall–Kier alpha value is -2.72. The summed E-state index contributed by atoms with van der Waals surface area (Å²) in [4.78, 5) is 0. The predicted octanol–water partition coefficient (Wildman–Crippen LogP) is 5.21. The number of anilines is 1. The summed E-state index contributed by atoms with van der Waals surface area (Å²) in [5.74, 6) is -0.300. The van der Waals surface area contributed by atoms with E-state index in [9.17, 15) is 4.39 Å². The van der Waals surface area contributed by atoms with E-state index in [2.05, 4.69) is 47.9 Å². The van der Waals surface area contributed by atoms with Crippen LogP contribution in [0.3, 0.4) is 0 Å². The number of nitrogens with one attached hydrogen (secondary N) is 2. The molecule has 126 valence electrons. The first-order valence-electron chi connectivity index (χ1n) is 8.06. The van der Waals surface area contributed by atoms with Gasteiger partial charge in [0.2, 0.25) is 0 Å². The average Bonchev–Trinajstić information content (AvgIpc) is 2.60. The van der Waals surface area contributed by atoms with Crippen LogP contribution in [0.15, 0.2) is 78.9 Å². The van der Waals surface area contributed by atoms with E-state index in [4.69, 9.17) is 12.2 Å². The molecule has 25 heavy (non-hydrogen) atoms. The highest BCUT2D eigenvalue weighted by Gasteiger charge is 2.15. The summed E-state index contributed by atoms with van der Waals surface area (Å²) in [7, 11) is 0. The van der Waals surface area contributed by atoms with E-state index in [1.54, 1.807) is 12.1 Å². The van der Waals surface area contributed by atoms with Crippen LogP contribution in [0, 0.1) is 12.7 Å². The van der Waals surface area contributed by atoms with Crippen LogP contribution in [0.4, 0.5) is 10.1 Å². The number of hydrogen-bond acceptors (Lipinski definition) is 1. The van der Waals surface area contributed by atoms with Crippen LogP contribution in [0.25, 0.3) is 0 Å². The van der Waals surface area contributed by atoms with Crippen molar-refractivity contribution in [2.45, 2.75) is 13.0 Å². The summed E-state index contributed by atoms with van der Waals surface area (Å²) in [6.07, 6.45) is 0. The van der Waals surface area contributed by atoms with Crippen molar-refractivity contribution in [3.8, 4) is 0 Å². The van der Waals surface area contributed by atoms with Gasteiger partial charge in [0, 0.05) is 5.69 Å². The maximum Gasteiger partial charge on any atom is 0.171 e. The van der Waals surface area contributed by atoms with Gasteiger partial charge in [-0.25, -0.2) is 4.39 Å². The van der Waals surface area contributed by atoms with Crippen molar-refractivity contribution in [3.05, 3.63) is 101 Å². The van der Waals surface area contributed by atoms with Crippen LogP contribution >= 0.6 is 12.2 Å². The molecule has 0 aromatic heterocycles. The van der Waals surface area contributed by atoms with E-state index in [1.807, 2.05) is 24.3 Å². The van der Waals surface area contributed by atoms with Gasteiger partial charge in [-0.1, -0.05) is 66.2 Å². The van der Waals surface area contributed by atoms with Crippen molar-refractivity contribution in [2.75, 3.05) is 5.32 Å². The Bertz CT molecular complexity index is 865. The minimum Gasteiger partial charge on any atom is -0.352 e. The number of aryl methyl sites for hydroxylation is 1. The van der Waals surface area contributed by atoms with Crippen molar-refractivity contribution in [1.29, 1.82) is 0 Å². The minimum absolute atomic E-state index is 0.0883. The third-order valence-electron chi connectivity index (χ3n) is 3.87. The SMILES string of the molecule is Cc1cccc(C(NC(=S)Nc2cccc(F)c2)c2ccccc2)c1. The Kier molecular flexibility index (Phi) is 5.41. The number of hydrogen-bond donors (Lipinski definition) is 2. The highest BCUT2D eigenvalue weighted by molar-refractivity contribution is 7.80. The second kappa shape index (κ2) is 7.90. The average molecular weight is 350 g/mol. The van der Waals surface area contributed by atoms with Crippen molar-refractivity contribution >= 4 is 23.0 Å². The van der Waals surface area contributed by atoms with E-state index in [0.29, 0.717) is 10.8 Å². The fourth-order valence-corrected chi connectivity index (χ4v) is 2.95. The summed E-state index contributed by atoms with van der Waals surface area (Å²) >= 11 is 5.44. The molecule has 2 nitrogen and oxygen atoms in total. The van der Waals surface area contributed by atoms with Crippen molar-refractivity contribution in [2.24, 2.45) is 0 Å². The molecule has 1 atom stereocenters. The van der Waals surface area contributed by atoms with Crippen molar-refractivity contribution in [1.82, 2.24) is 5.32 Å². The molecule has 0 radical (unpaired) electrons. The lowest BCUT2D eigenvalue weighted by Crippen LogP contribution is -2.33. The molecule has 0 aliphatic heterocycles. The number of benzene rings is 3. The van der Waals surface area contributed by atoms with Crippen LogP contribution in [0.1, 0.15) is 22.7 Å². The topological polar surface area (TPSA) is 24.1 Å². The Morgan fingerprint density at radius 2 is 1.60 bits per heavy atom. The van der Waals surface area contributed by atoms with Crippen molar-refractivity contribution in [3.63, 3.8) is 0 Å². The summed E-state index contributed by atoms with van der Waals surface area (Å²) in [5.41, 5.74) is 4.03. The van der Waals surface area contributed by atoms with Gasteiger partial charge in [0.05, 0.1) is 6.04 Å². The molecule has 0 aliphatic carbocycles. The molecular formula is C21H19FN2S. The molecule has 0 bridgehead atoms. The summed E-state index contributed by atoms with van der Waals surface area (Å²) < 4.78 is 13.4. The van der Waals surface area contributed by atoms with Gasteiger partial charge in [-0.2, -0.15) is 0 Å². The molecule has 0 saturated carbocycles. The van der Waals surface area contributed by atoms with Crippen LogP contribution < -0.4 is 10.6 Å². The second-order valence-electron chi connectivity index (χ2n) is 5.87. The maximum absolute atomic E-state index is 13.4. The predicted molar refractivity (Wildman–Crippen MR) is 105 cm³/mol. The van der Waals surface area contributed by atoms with E-state index >= 15 is 0 Å². The molecule has 2 N–H and O–H groups in total. The molecule has 0 saturated heterocycles. The van der Waals surface area contributed by atoms with Crippen LogP contribution in [0.2, 0.25) is 0 Å². The molecule has 0 spiro atoms. The molecule has 3 rings (SSSR count). The van der Waals surface area contributed by atoms with E-state index in [1.165, 1.54) is 17.7 Å². The molecule has 1 unspecified atom stereocenters. The number of rotatable bonds is 4. The standard InChI is InChI=1S/C21H19FN2S/c1-15-7-5-10-17(13-15)20(16-8-3-2-4-9-16)24-21(25)23-19-12-6-11-18(22)14-19/h2-14,20H,1H3,(H2,23,24,25). The largest absolute Gasteiger partial charge is 0.352 e. The highest BCUT2D eigenvalue weighted by atomic mass is 32.1.